The quantitative estimate of drug-likeness (QED) is 0.219. The highest BCUT2D eigenvalue weighted by Gasteiger charge is 2.35. The Labute approximate surface area is 234 Å². The molecule has 0 atom stereocenters. The smallest absolute Gasteiger partial charge is 0.271 e. The average molecular weight is 566 g/mol. The van der Waals surface area contributed by atoms with E-state index in [0.29, 0.717) is 36.5 Å². The lowest BCUT2D eigenvalue weighted by Gasteiger charge is -2.15. The summed E-state index contributed by atoms with van der Waals surface area (Å²) in [6.45, 7) is 0.228. The molecule has 1 amide bonds. The number of hydrogen-bond acceptors (Lipinski definition) is 4. The largest absolute Gasteiger partial charge is 0.488 e. The van der Waals surface area contributed by atoms with Gasteiger partial charge in [-0.25, -0.2) is 4.99 Å². The van der Waals surface area contributed by atoms with Crippen LogP contribution in [0, 0.1) is 0 Å². The predicted molar refractivity (Wildman–Crippen MR) is 155 cm³/mol. The van der Waals surface area contributed by atoms with Gasteiger partial charge in [-0.15, -0.1) is 0 Å². The summed E-state index contributed by atoms with van der Waals surface area (Å²) in [5.41, 5.74) is 2.95. The van der Waals surface area contributed by atoms with Crippen LogP contribution in [0.3, 0.4) is 0 Å². The number of para-hydroxylation sites is 2. The van der Waals surface area contributed by atoms with Gasteiger partial charge in [-0.3, -0.25) is 9.69 Å². The van der Waals surface area contributed by atoms with E-state index in [1.807, 2.05) is 66.7 Å². The first-order chi connectivity index (χ1) is 18.0. The lowest BCUT2D eigenvalue weighted by atomic mass is 10.1. The Morgan fingerprint density at radius 1 is 0.838 bits per heavy atom. The molecule has 37 heavy (non-hydrogen) atoms. The van der Waals surface area contributed by atoms with Gasteiger partial charge in [-0.05, 0) is 72.4 Å². The first kappa shape index (κ1) is 25.4. The maximum Gasteiger partial charge on any atom is 0.271 e. The Morgan fingerprint density at radius 3 is 2.24 bits per heavy atom. The number of amidine groups is 1. The molecule has 5 rings (SSSR count). The summed E-state index contributed by atoms with van der Waals surface area (Å²) in [4.78, 5) is 20.5. The minimum Gasteiger partial charge on any atom is -0.488 e. The van der Waals surface area contributed by atoms with E-state index >= 15 is 0 Å². The van der Waals surface area contributed by atoms with E-state index in [1.165, 1.54) is 11.8 Å². The van der Waals surface area contributed by atoms with Gasteiger partial charge in [0.15, 0.2) is 5.17 Å². The zero-order valence-electron chi connectivity index (χ0n) is 19.3. The van der Waals surface area contributed by atoms with Crippen molar-refractivity contribution in [1.29, 1.82) is 0 Å². The Bertz CT molecular complexity index is 1510. The molecule has 184 valence electrons. The standard InChI is InChI=1S/C29H19Cl3N2O2S/c30-21-13-14-26(36-18-19-11-12-22(31)17-25(19)32)20(15-21)16-27-28(35)34(24-9-5-2-6-10-24)29(37-27)33-23-7-3-1-4-8-23/h1-17H,18H2/b27-16+,33-29?. The fraction of sp³-hybridized carbons (Fsp3) is 0.0345. The molecule has 0 aliphatic carbocycles. The minimum absolute atomic E-state index is 0.183. The molecule has 0 radical (unpaired) electrons. The SMILES string of the molecule is O=C1/C(=C\c2cc(Cl)ccc2OCc2ccc(Cl)cc2Cl)SC(=Nc2ccccc2)N1c1ccccc1. The van der Waals surface area contributed by atoms with Crippen LogP contribution in [0.2, 0.25) is 15.1 Å². The summed E-state index contributed by atoms with van der Waals surface area (Å²) in [6, 6.07) is 29.5. The number of carbonyl (C=O) groups is 1. The number of benzene rings is 4. The van der Waals surface area contributed by atoms with Crippen LogP contribution in [-0.4, -0.2) is 11.1 Å². The van der Waals surface area contributed by atoms with E-state index < -0.39 is 0 Å². The van der Waals surface area contributed by atoms with E-state index in [4.69, 9.17) is 44.5 Å². The fourth-order valence-corrected chi connectivity index (χ4v) is 5.30. The molecule has 1 aliphatic heterocycles. The molecule has 8 heteroatoms. The average Bonchev–Trinajstić information content (AvgIpc) is 3.19. The summed E-state index contributed by atoms with van der Waals surface area (Å²) in [7, 11) is 0. The van der Waals surface area contributed by atoms with Crippen molar-refractivity contribution in [2.45, 2.75) is 6.61 Å². The third-order valence-electron chi connectivity index (χ3n) is 5.46. The topological polar surface area (TPSA) is 41.9 Å². The molecule has 1 fully saturated rings. The number of hydrogen-bond donors (Lipinski definition) is 0. The molecule has 4 nitrogen and oxygen atoms in total. The van der Waals surface area contributed by atoms with Gasteiger partial charge in [0.05, 0.1) is 16.3 Å². The molecule has 0 saturated carbocycles. The highest BCUT2D eigenvalue weighted by molar-refractivity contribution is 8.19. The number of halogens is 3. The van der Waals surface area contributed by atoms with Crippen molar-refractivity contribution in [3.8, 4) is 5.75 Å². The maximum atomic E-state index is 13.6. The Kier molecular flexibility index (Phi) is 7.87. The minimum atomic E-state index is -0.183. The molecule has 0 N–H and O–H groups in total. The van der Waals surface area contributed by atoms with Crippen molar-refractivity contribution in [2.75, 3.05) is 4.90 Å². The van der Waals surface area contributed by atoms with Gasteiger partial charge in [0, 0.05) is 26.2 Å². The van der Waals surface area contributed by atoms with E-state index in [0.717, 1.165) is 16.9 Å². The molecule has 0 bridgehead atoms. The van der Waals surface area contributed by atoms with Gasteiger partial charge in [0.1, 0.15) is 12.4 Å². The van der Waals surface area contributed by atoms with Crippen LogP contribution in [0.15, 0.2) is 107 Å². The van der Waals surface area contributed by atoms with E-state index in [1.54, 1.807) is 41.3 Å². The highest BCUT2D eigenvalue weighted by atomic mass is 35.5. The molecular weight excluding hydrogens is 547 g/mol. The van der Waals surface area contributed by atoms with Gasteiger partial charge >= 0.3 is 0 Å². The van der Waals surface area contributed by atoms with Gasteiger partial charge in [0.2, 0.25) is 0 Å². The van der Waals surface area contributed by atoms with Crippen LogP contribution in [-0.2, 0) is 11.4 Å². The number of amides is 1. The molecule has 1 heterocycles. The zero-order chi connectivity index (χ0) is 25.8. The molecule has 4 aromatic rings. The molecule has 0 unspecified atom stereocenters. The third-order valence-corrected chi connectivity index (χ3v) is 7.25. The number of aliphatic imine (C=N–C) groups is 1. The number of thioether (sulfide) groups is 1. The van der Waals surface area contributed by atoms with Gasteiger partial charge in [0.25, 0.3) is 5.91 Å². The van der Waals surface area contributed by atoms with Crippen LogP contribution < -0.4 is 9.64 Å². The first-order valence-corrected chi connectivity index (χ1v) is 13.2. The molecule has 1 aliphatic rings. The second-order valence-corrected chi connectivity index (χ2v) is 10.3. The van der Waals surface area contributed by atoms with Crippen LogP contribution in [0.1, 0.15) is 11.1 Å². The van der Waals surface area contributed by atoms with Crippen molar-refractivity contribution < 1.29 is 9.53 Å². The van der Waals surface area contributed by atoms with Gasteiger partial charge < -0.3 is 4.74 Å². The predicted octanol–water partition coefficient (Wildman–Crippen LogP) is 9.03. The summed E-state index contributed by atoms with van der Waals surface area (Å²) in [5.74, 6) is 0.383. The van der Waals surface area contributed by atoms with Crippen molar-refractivity contribution >= 4 is 75.1 Å². The monoisotopic (exact) mass is 564 g/mol. The lowest BCUT2D eigenvalue weighted by molar-refractivity contribution is -0.113. The first-order valence-electron chi connectivity index (χ1n) is 11.3. The number of nitrogens with zero attached hydrogens (tertiary/aromatic N) is 2. The van der Waals surface area contributed by atoms with Gasteiger partial charge in [-0.1, -0.05) is 77.3 Å². The summed E-state index contributed by atoms with van der Waals surface area (Å²) < 4.78 is 6.08. The normalized spacial score (nSPS) is 15.5. The zero-order valence-corrected chi connectivity index (χ0v) is 22.4. The molecule has 4 aromatic carbocycles. The van der Waals surface area contributed by atoms with E-state index in [2.05, 4.69) is 0 Å². The van der Waals surface area contributed by atoms with Crippen molar-refractivity contribution in [1.82, 2.24) is 0 Å². The second-order valence-electron chi connectivity index (χ2n) is 8.02. The second kappa shape index (κ2) is 11.4. The molecular formula is C29H19Cl3N2O2S. The highest BCUT2D eigenvalue weighted by Crippen LogP contribution is 2.39. The van der Waals surface area contributed by atoms with Crippen molar-refractivity contribution in [3.63, 3.8) is 0 Å². The van der Waals surface area contributed by atoms with Crippen molar-refractivity contribution in [3.05, 3.63) is 128 Å². The number of rotatable bonds is 6. The lowest BCUT2D eigenvalue weighted by Crippen LogP contribution is -2.28. The third kappa shape index (κ3) is 6.03. The fourth-order valence-electron chi connectivity index (χ4n) is 3.67. The summed E-state index contributed by atoms with van der Waals surface area (Å²) in [5, 5.41) is 2.16. The molecule has 0 spiro atoms. The van der Waals surface area contributed by atoms with Crippen molar-refractivity contribution in [2.24, 2.45) is 4.99 Å². The van der Waals surface area contributed by atoms with Crippen LogP contribution in [0.4, 0.5) is 11.4 Å². The van der Waals surface area contributed by atoms with Crippen LogP contribution in [0.5, 0.6) is 5.75 Å². The van der Waals surface area contributed by atoms with E-state index in [9.17, 15) is 4.79 Å². The van der Waals surface area contributed by atoms with Crippen LogP contribution >= 0.6 is 46.6 Å². The maximum absolute atomic E-state index is 13.6. The summed E-state index contributed by atoms with van der Waals surface area (Å²) >= 11 is 19.9. The Hall–Kier alpha value is -3.22. The Morgan fingerprint density at radius 2 is 1.51 bits per heavy atom. The van der Waals surface area contributed by atoms with Crippen LogP contribution in [0.25, 0.3) is 6.08 Å². The Balaban J connectivity index is 1.49. The number of ether oxygens (including phenoxy) is 1. The van der Waals surface area contributed by atoms with E-state index in [-0.39, 0.29) is 12.5 Å². The number of anilines is 1. The summed E-state index contributed by atoms with van der Waals surface area (Å²) in [6.07, 6.45) is 1.78. The number of carbonyl (C=O) groups excluding carboxylic acids is 1. The molecule has 0 aromatic heterocycles. The van der Waals surface area contributed by atoms with Gasteiger partial charge in [-0.2, -0.15) is 0 Å². The molecule has 1 saturated heterocycles.